The van der Waals surface area contributed by atoms with Gasteiger partial charge in [-0.1, -0.05) is 45.3 Å². The SMILES string of the molecule is C=CCCOC(=O)[C@@H]1[C@H]2C(=O)N([C@@H](CC)CO)C(C(=O)N(CC=C)C3CCCCC3)C23CC[C@@]1(CC)O3. The standard InChI is InChI=1S/C29H44N2O6/c1-5-9-18-36-27(35)23-22-25(33)31(20(7-3)19-32)24(29(22)16-15-28(23,8-4)37-29)26(34)30(17-6-2)21-13-11-10-12-14-21/h5-6,20-24,32H,1-2,7-19H2,3-4H3/t20-,22-,23-,24?,28+,29?/m0/s1. The summed E-state index contributed by atoms with van der Waals surface area (Å²) in [6.45, 7) is 11.8. The van der Waals surface area contributed by atoms with E-state index < -0.39 is 41.1 Å². The van der Waals surface area contributed by atoms with E-state index in [2.05, 4.69) is 13.2 Å². The summed E-state index contributed by atoms with van der Waals surface area (Å²) in [6, 6.07) is -1.33. The van der Waals surface area contributed by atoms with Gasteiger partial charge in [-0.15, -0.1) is 13.2 Å². The van der Waals surface area contributed by atoms with Crippen LogP contribution < -0.4 is 0 Å². The van der Waals surface area contributed by atoms with Gasteiger partial charge in [0.25, 0.3) is 0 Å². The van der Waals surface area contributed by atoms with Crippen LogP contribution in [0.3, 0.4) is 0 Å². The first-order valence-corrected chi connectivity index (χ1v) is 14.2. The van der Waals surface area contributed by atoms with Crippen molar-refractivity contribution in [3.05, 3.63) is 25.3 Å². The Balaban J connectivity index is 1.77. The fraction of sp³-hybridized carbons (Fsp3) is 0.759. The minimum atomic E-state index is -1.11. The Morgan fingerprint density at radius 1 is 1.22 bits per heavy atom. The summed E-state index contributed by atoms with van der Waals surface area (Å²) < 4.78 is 12.4. The second kappa shape index (κ2) is 11.3. The van der Waals surface area contributed by atoms with E-state index in [0.29, 0.717) is 38.6 Å². The zero-order valence-corrected chi connectivity index (χ0v) is 22.5. The summed E-state index contributed by atoms with van der Waals surface area (Å²) in [5.41, 5.74) is -1.94. The zero-order chi connectivity index (χ0) is 26.8. The number of amides is 2. The van der Waals surface area contributed by atoms with Crippen molar-refractivity contribution in [2.24, 2.45) is 11.8 Å². The molecule has 4 fully saturated rings. The van der Waals surface area contributed by atoms with Gasteiger partial charge in [0.05, 0.1) is 30.8 Å². The molecule has 0 aromatic heterocycles. The van der Waals surface area contributed by atoms with Crippen LogP contribution in [0.15, 0.2) is 25.3 Å². The first-order valence-electron chi connectivity index (χ1n) is 14.2. The summed E-state index contributed by atoms with van der Waals surface area (Å²) in [4.78, 5) is 45.7. The Kier molecular flexibility index (Phi) is 8.48. The van der Waals surface area contributed by atoms with Crippen LogP contribution in [0.5, 0.6) is 0 Å². The molecule has 1 aliphatic carbocycles. The lowest BCUT2D eigenvalue weighted by molar-refractivity contribution is -0.164. The summed E-state index contributed by atoms with van der Waals surface area (Å²) in [7, 11) is 0. The summed E-state index contributed by atoms with van der Waals surface area (Å²) in [6.07, 6.45) is 11.2. The molecule has 37 heavy (non-hydrogen) atoms. The largest absolute Gasteiger partial charge is 0.465 e. The van der Waals surface area contributed by atoms with Crippen LogP contribution >= 0.6 is 0 Å². The molecule has 8 heteroatoms. The van der Waals surface area contributed by atoms with E-state index in [1.54, 1.807) is 17.1 Å². The molecule has 2 bridgehead atoms. The van der Waals surface area contributed by atoms with Crippen LogP contribution in [0.25, 0.3) is 0 Å². The van der Waals surface area contributed by atoms with E-state index in [1.807, 2.05) is 18.7 Å². The van der Waals surface area contributed by atoms with Gasteiger partial charge in [0.15, 0.2) is 0 Å². The molecule has 8 nitrogen and oxygen atoms in total. The first kappa shape index (κ1) is 27.8. The highest BCUT2D eigenvalue weighted by atomic mass is 16.6. The number of ether oxygens (including phenoxy) is 2. The first-order chi connectivity index (χ1) is 17.9. The van der Waals surface area contributed by atoms with Crippen molar-refractivity contribution in [1.82, 2.24) is 9.80 Å². The zero-order valence-electron chi connectivity index (χ0n) is 22.5. The van der Waals surface area contributed by atoms with Gasteiger partial charge in [0.1, 0.15) is 17.6 Å². The predicted octanol–water partition coefficient (Wildman–Crippen LogP) is 3.38. The second-order valence-electron chi connectivity index (χ2n) is 11.1. The molecule has 0 radical (unpaired) electrons. The lowest BCUT2D eigenvalue weighted by Crippen LogP contribution is -2.60. The van der Waals surface area contributed by atoms with E-state index >= 15 is 0 Å². The number of hydrogen-bond acceptors (Lipinski definition) is 6. The highest BCUT2D eigenvalue weighted by Gasteiger charge is 2.79. The van der Waals surface area contributed by atoms with Gasteiger partial charge in [0, 0.05) is 12.6 Å². The molecule has 1 spiro atoms. The minimum Gasteiger partial charge on any atom is -0.465 e. The third-order valence-electron chi connectivity index (χ3n) is 9.37. The van der Waals surface area contributed by atoms with Gasteiger partial charge in [-0.05, 0) is 44.9 Å². The fourth-order valence-corrected chi connectivity index (χ4v) is 7.54. The number of aliphatic hydroxyl groups is 1. The molecule has 3 heterocycles. The van der Waals surface area contributed by atoms with Crippen LogP contribution in [-0.2, 0) is 23.9 Å². The van der Waals surface area contributed by atoms with Crippen molar-refractivity contribution in [2.45, 2.75) is 107 Å². The monoisotopic (exact) mass is 516 g/mol. The smallest absolute Gasteiger partial charge is 0.312 e. The van der Waals surface area contributed by atoms with Gasteiger partial charge in [-0.25, -0.2) is 0 Å². The quantitative estimate of drug-likeness (QED) is 0.243. The highest BCUT2D eigenvalue weighted by molar-refractivity contribution is 5.99. The molecule has 206 valence electrons. The topological polar surface area (TPSA) is 96.4 Å². The fourth-order valence-electron chi connectivity index (χ4n) is 7.54. The van der Waals surface area contributed by atoms with Gasteiger partial charge in [-0.3, -0.25) is 14.4 Å². The van der Waals surface area contributed by atoms with Crippen LogP contribution in [0.4, 0.5) is 0 Å². The normalized spacial score (nSPS) is 33.8. The highest BCUT2D eigenvalue weighted by Crippen LogP contribution is 2.65. The maximum Gasteiger partial charge on any atom is 0.312 e. The number of esters is 1. The Morgan fingerprint density at radius 2 is 1.95 bits per heavy atom. The number of aliphatic hydroxyl groups excluding tert-OH is 1. The van der Waals surface area contributed by atoms with E-state index in [4.69, 9.17) is 9.47 Å². The number of rotatable bonds is 12. The van der Waals surface area contributed by atoms with Gasteiger partial charge < -0.3 is 24.4 Å². The van der Waals surface area contributed by atoms with Crippen molar-refractivity contribution in [3.63, 3.8) is 0 Å². The van der Waals surface area contributed by atoms with Gasteiger partial charge in [0.2, 0.25) is 11.8 Å². The molecule has 0 aromatic carbocycles. The molecular weight excluding hydrogens is 472 g/mol. The number of nitrogens with zero attached hydrogens (tertiary/aromatic N) is 2. The van der Waals surface area contributed by atoms with Crippen molar-refractivity contribution in [3.8, 4) is 0 Å². The molecule has 3 aliphatic heterocycles. The van der Waals surface area contributed by atoms with Crippen LogP contribution in [0, 0.1) is 11.8 Å². The second-order valence-corrected chi connectivity index (χ2v) is 11.1. The lowest BCUT2D eigenvalue weighted by Gasteiger charge is -2.42. The number of carbonyl (C=O) groups excluding carboxylic acids is 3. The number of carbonyl (C=O) groups is 3. The molecule has 0 aromatic rings. The third kappa shape index (κ3) is 4.44. The van der Waals surface area contributed by atoms with E-state index in [9.17, 15) is 19.5 Å². The van der Waals surface area contributed by atoms with Crippen molar-refractivity contribution < 1.29 is 29.0 Å². The molecule has 1 saturated carbocycles. The van der Waals surface area contributed by atoms with Crippen molar-refractivity contribution in [2.75, 3.05) is 19.8 Å². The molecule has 4 aliphatic rings. The molecule has 4 rings (SSSR count). The molecule has 1 N–H and O–H groups in total. The summed E-state index contributed by atoms with van der Waals surface area (Å²) >= 11 is 0. The molecule has 3 saturated heterocycles. The Bertz CT molecular complexity index is 897. The third-order valence-corrected chi connectivity index (χ3v) is 9.37. The Morgan fingerprint density at radius 3 is 2.54 bits per heavy atom. The molecule has 2 unspecified atom stereocenters. The minimum absolute atomic E-state index is 0.0826. The summed E-state index contributed by atoms with van der Waals surface area (Å²) in [5, 5.41) is 10.3. The maximum atomic E-state index is 14.5. The molecule has 6 atom stereocenters. The van der Waals surface area contributed by atoms with E-state index in [-0.39, 0.29) is 31.1 Å². The van der Waals surface area contributed by atoms with Crippen LogP contribution in [0.2, 0.25) is 0 Å². The van der Waals surface area contributed by atoms with Crippen molar-refractivity contribution >= 4 is 17.8 Å². The Hall–Kier alpha value is -2.19. The maximum absolute atomic E-state index is 14.5. The van der Waals surface area contributed by atoms with Crippen LogP contribution in [-0.4, -0.2) is 81.8 Å². The number of fused-ring (bicyclic) bond motifs is 1. The average molecular weight is 517 g/mol. The predicted molar refractivity (Wildman–Crippen MR) is 139 cm³/mol. The molecule has 2 amide bonds. The average Bonchev–Trinajstić information content (AvgIpc) is 3.52. The molecular formula is C29H44N2O6. The van der Waals surface area contributed by atoms with Gasteiger partial charge >= 0.3 is 5.97 Å². The lowest BCUT2D eigenvalue weighted by atomic mass is 9.65. The number of hydrogen-bond donors (Lipinski definition) is 1. The summed E-state index contributed by atoms with van der Waals surface area (Å²) in [5.74, 6) is -2.44. The van der Waals surface area contributed by atoms with E-state index in [1.165, 1.54) is 0 Å². The van der Waals surface area contributed by atoms with Gasteiger partial charge in [-0.2, -0.15) is 0 Å². The van der Waals surface area contributed by atoms with Crippen molar-refractivity contribution in [1.29, 1.82) is 0 Å². The van der Waals surface area contributed by atoms with E-state index in [0.717, 1.165) is 32.1 Å². The van der Waals surface area contributed by atoms with Crippen LogP contribution in [0.1, 0.15) is 78.1 Å². The number of likely N-dealkylation sites (tertiary alicyclic amines) is 1. The Labute approximate surface area is 221 Å².